The lowest BCUT2D eigenvalue weighted by molar-refractivity contribution is -0.301. The van der Waals surface area contributed by atoms with Gasteiger partial charge in [0.25, 0.3) is 0 Å². The minimum Gasteiger partial charge on any atom is -0.479 e. The summed E-state index contributed by atoms with van der Waals surface area (Å²) in [6.07, 6.45) is 51.0. The molecule has 0 aliphatic carbocycles. The van der Waals surface area contributed by atoms with Gasteiger partial charge >= 0.3 is 23.9 Å². The van der Waals surface area contributed by atoms with E-state index in [4.69, 9.17) is 23.7 Å². The molecule has 1 fully saturated rings. The number of unbranched alkanes of at least 4 members (excludes halogenated alkanes) is 35. The van der Waals surface area contributed by atoms with Crippen molar-refractivity contribution in [2.24, 2.45) is 0 Å². The molecule has 0 bridgehead atoms. The van der Waals surface area contributed by atoms with Crippen LogP contribution in [0.2, 0.25) is 0 Å². The summed E-state index contributed by atoms with van der Waals surface area (Å²) < 4.78 is 28.5. The first kappa shape index (κ1) is 72.0. The average molecular weight is 1090 g/mol. The number of carbonyl (C=O) groups excluding carboxylic acids is 3. The van der Waals surface area contributed by atoms with E-state index >= 15 is 0 Å². The highest BCUT2D eigenvalue weighted by atomic mass is 16.7. The van der Waals surface area contributed by atoms with Crippen LogP contribution in [-0.2, 0) is 42.9 Å². The Bertz CT molecular complexity index is 1480. The van der Waals surface area contributed by atoms with E-state index < -0.39 is 67.3 Å². The first-order chi connectivity index (χ1) is 37.6. The number of hydrogen-bond acceptors (Lipinski definition) is 11. The fourth-order valence-corrected chi connectivity index (χ4v) is 9.75. The molecule has 1 aliphatic heterocycles. The Morgan fingerprint density at radius 1 is 0.429 bits per heavy atom. The molecule has 6 atom stereocenters. The van der Waals surface area contributed by atoms with E-state index in [1.54, 1.807) is 0 Å². The molecule has 1 aliphatic rings. The first-order valence-corrected chi connectivity index (χ1v) is 32.0. The van der Waals surface area contributed by atoms with Crippen molar-refractivity contribution in [2.75, 3.05) is 13.2 Å². The van der Waals surface area contributed by atoms with Gasteiger partial charge in [-0.3, -0.25) is 14.4 Å². The maximum Gasteiger partial charge on any atom is 0.335 e. The molecule has 77 heavy (non-hydrogen) atoms. The summed E-state index contributed by atoms with van der Waals surface area (Å²) >= 11 is 0. The van der Waals surface area contributed by atoms with E-state index in [0.29, 0.717) is 19.3 Å². The molecule has 12 heteroatoms. The van der Waals surface area contributed by atoms with Crippen molar-refractivity contribution in [3.05, 3.63) is 36.5 Å². The minimum atomic E-state index is -1.91. The number of aliphatic hydroxyl groups is 2. The van der Waals surface area contributed by atoms with Gasteiger partial charge in [0.15, 0.2) is 24.6 Å². The van der Waals surface area contributed by atoms with Crippen LogP contribution in [0.25, 0.3) is 0 Å². The van der Waals surface area contributed by atoms with Gasteiger partial charge in [-0.25, -0.2) is 4.79 Å². The van der Waals surface area contributed by atoms with Crippen LogP contribution in [-0.4, -0.2) is 89.2 Å². The SMILES string of the molecule is CCCCC/C=C\C/C=C\CCCCCCCC(=O)OC1C(OCC(COC(=O)CCCCCCCCCCCCCCCCCCC)OC(=O)CCCCCCC/C=C\CCCCCCCC)OC(C(=O)O)C(O)C1O. The molecule has 3 N–H and O–H groups in total. The Morgan fingerprint density at radius 2 is 0.779 bits per heavy atom. The van der Waals surface area contributed by atoms with Crippen molar-refractivity contribution in [1.82, 2.24) is 0 Å². The van der Waals surface area contributed by atoms with Gasteiger partial charge in [-0.1, -0.05) is 243 Å². The summed E-state index contributed by atoms with van der Waals surface area (Å²) in [6.45, 7) is 5.99. The van der Waals surface area contributed by atoms with Crippen LogP contribution in [0.4, 0.5) is 0 Å². The highest BCUT2D eigenvalue weighted by Crippen LogP contribution is 2.27. The number of esters is 3. The van der Waals surface area contributed by atoms with E-state index in [0.717, 1.165) is 103 Å². The number of rotatable bonds is 55. The van der Waals surface area contributed by atoms with Gasteiger partial charge < -0.3 is 39.0 Å². The van der Waals surface area contributed by atoms with Crippen LogP contribution >= 0.6 is 0 Å². The second kappa shape index (κ2) is 53.6. The number of carbonyl (C=O) groups is 4. The highest BCUT2D eigenvalue weighted by Gasteiger charge is 2.50. The van der Waals surface area contributed by atoms with Crippen LogP contribution in [0.15, 0.2) is 36.5 Å². The second-order valence-electron chi connectivity index (χ2n) is 22.0. The fraction of sp³-hybridized carbons (Fsp3) is 0.846. The van der Waals surface area contributed by atoms with Crippen molar-refractivity contribution >= 4 is 23.9 Å². The minimum absolute atomic E-state index is 0.0465. The summed E-state index contributed by atoms with van der Waals surface area (Å²) in [6, 6.07) is 0. The molecule has 0 spiro atoms. The smallest absolute Gasteiger partial charge is 0.335 e. The molecule has 1 heterocycles. The van der Waals surface area contributed by atoms with Crippen LogP contribution in [0.5, 0.6) is 0 Å². The predicted octanol–water partition coefficient (Wildman–Crippen LogP) is 16.8. The molecular formula is C65H116O12. The number of allylic oxidation sites excluding steroid dienone is 6. The molecule has 0 aromatic rings. The number of carboxylic acids is 1. The Balaban J connectivity index is 2.67. The van der Waals surface area contributed by atoms with E-state index in [9.17, 15) is 34.5 Å². The van der Waals surface area contributed by atoms with E-state index in [1.165, 1.54) is 141 Å². The predicted molar refractivity (Wildman–Crippen MR) is 313 cm³/mol. The number of carboxylic acid groups (broad SMARTS) is 1. The Kier molecular flexibility index (Phi) is 50.1. The molecule has 0 radical (unpaired) electrons. The zero-order chi connectivity index (χ0) is 56.1. The van der Waals surface area contributed by atoms with Crippen LogP contribution in [0.3, 0.4) is 0 Å². The van der Waals surface area contributed by atoms with Gasteiger partial charge in [0.05, 0.1) is 6.61 Å². The normalized spacial score (nSPS) is 18.2. The van der Waals surface area contributed by atoms with Gasteiger partial charge in [-0.05, 0) is 77.0 Å². The maximum absolute atomic E-state index is 13.2. The molecule has 0 saturated carbocycles. The van der Waals surface area contributed by atoms with Gasteiger partial charge in [0, 0.05) is 19.3 Å². The van der Waals surface area contributed by atoms with E-state index in [2.05, 4.69) is 57.2 Å². The number of ether oxygens (including phenoxy) is 5. The zero-order valence-corrected chi connectivity index (χ0v) is 49.5. The Morgan fingerprint density at radius 3 is 1.21 bits per heavy atom. The third-order valence-electron chi connectivity index (χ3n) is 14.7. The fourth-order valence-electron chi connectivity index (χ4n) is 9.75. The zero-order valence-electron chi connectivity index (χ0n) is 49.5. The molecule has 0 aromatic carbocycles. The largest absolute Gasteiger partial charge is 0.479 e. The standard InChI is InChI=1S/C65H116O12/c1-4-7-10-13-16-19-22-25-28-29-32-33-36-39-42-45-48-51-57(66)73-54-56(75-58(67)52-49-46-43-40-37-34-30-26-23-20-17-14-11-8-5-2)55-74-65-63(61(70)60(69)62(77-65)64(71)72)76-59(68)53-50-47-44-41-38-35-31-27-24-21-18-15-12-9-6-3/h18,21,26-27,30-31,56,60-63,65,69-70H,4-17,19-20,22-25,28-29,32-55H2,1-3H3,(H,71,72)/b21-18-,30-26-,31-27-. The van der Waals surface area contributed by atoms with Gasteiger partial charge in [0.1, 0.15) is 18.8 Å². The monoisotopic (exact) mass is 1090 g/mol. The molecule has 1 saturated heterocycles. The summed E-state index contributed by atoms with van der Waals surface area (Å²) in [7, 11) is 0. The van der Waals surface area contributed by atoms with Gasteiger partial charge in [-0.15, -0.1) is 0 Å². The average Bonchev–Trinajstić information content (AvgIpc) is 3.43. The molecule has 1 rings (SSSR count). The van der Waals surface area contributed by atoms with E-state index in [1.807, 2.05) is 0 Å². The van der Waals surface area contributed by atoms with Gasteiger partial charge in [0.2, 0.25) is 0 Å². The summed E-state index contributed by atoms with van der Waals surface area (Å²) in [5, 5.41) is 31.5. The molecule has 0 amide bonds. The van der Waals surface area contributed by atoms with Crippen molar-refractivity contribution in [3.63, 3.8) is 0 Å². The molecular weight excluding hydrogens is 973 g/mol. The van der Waals surface area contributed by atoms with Crippen molar-refractivity contribution in [1.29, 1.82) is 0 Å². The first-order valence-electron chi connectivity index (χ1n) is 32.0. The maximum atomic E-state index is 13.2. The number of aliphatic hydroxyl groups excluding tert-OH is 2. The Hall–Kier alpha value is -3.06. The topological polar surface area (TPSA) is 175 Å². The molecule has 6 unspecified atom stereocenters. The van der Waals surface area contributed by atoms with Crippen LogP contribution < -0.4 is 0 Å². The lowest BCUT2D eigenvalue weighted by Gasteiger charge is -2.40. The van der Waals surface area contributed by atoms with Crippen molar-refractivity contribution in [2.45, 2.75) is 340 Å². The van der Waals surface area contributed by atoms with Crippen LogP contribution in [0, 0.1) is 0 Å². The summed E-state index contributed by atoms with van der Waals surface area (Å²) in [4.78, 5) is 51.2. The lowest BCUT2D eigenvalue weighted by Crippen LogP contribution is -2.61. The molecule has 0 aromatic heterocycles. The van der Waals surface area contributed by atoms with E-state index in [-0.39, 0.29) is 25.9 Å². The molecule has 12 nitrogen and oxygen atoms in total. The highest BCUT2D eigenvalue weighted by molar-refractivity contribution is 5.74. The third kappa shape index (κ3) is 43.4. The lowest BCUT2D eigenvalue weighted by atomic mass is 9.98. The van der Waals surface area contributed by atoms with Crippen LogP contribution in [0.1, 0.15) is 303 Å². The Labute approximate surface area is 470 Å². The summed E-state index contributed by atoms with van der Waals surface area (Å²) in [5.74, 6) is -3.12. The van der Waals surface area contributed by atoms with Crippen molar-refractivity contribution in [3.8, 4) is 0 Å². The van der Waals surface area contributed by atoms with Gasteiger partial charge in [-0.2, -0.15) is 0 Å². The van der Waals surface area contributed by atoms with Crippen molar-refractivity contribution < 1.29 is 58.2 Å². The number of aliphatic carboxylic acids is 1. The molecule has 448 valence electrons. The second-order valence-corrected chi connectivity index (χ2v) is 22.0. The third-order valence-corrected chi connectivity index (χ3v) is 14.7. The number of hydrogen-bond donors (Lipinski definition) is 3. The quantitative estimate of drug-likeness (QED) is 0.0228. The summed E-state index contributed by atoms with van der Waals surface area (Å²) in [5.41, 5.74) is 0.